The molecule has 1 saturated carbocycles. The lowest BCUT2D eigenvalue weighted by Gasteiger charge is -2.13. The lowest BCUT2D eigenvalue weighted by Crippen LogP contribution is -2.28. The second-order valence-corrected chi connectivity index (χ2v) is 7.83. The third kappa shape index (κ3) is 3.28. The van der Waals surface area contributed by atoms with Crippen LogP contribution in [0.5, 0.6) is 11.5 Å². The van der Waals surface area contributed by atoms with Gasteiger partial charge in [0.2, 0.25) is 0 Å². The van der Waals surface area contributed by atoms with Gasteiger partial charge in [0, 0.05) is 12.0 Å². The van der Waals surface area contributed by atoms with Gasteiger partial charge in [-0.2, -0.15) is 5.10 Å². The molecule has 2 aromatic rings. The molecule has 1 aliphatic carbocycles. The van der Waals surface area contributed by atoms with Gasteiger partial charge in [-0.1, -0.05) is 19.8 Å². The summed E-state index contributed by atoms with van der Waals surface area (Å²) < 4.78 is 13.6. The number of hydrogen-bond donors (Lipinski definition) is 1. The van der Waals surface area contributed by atoms with Gasteiger partial charge in [0.15, 0.2) is 17.3 Å². The van der Waals surface area contributed by atoms with Crippen LogP contribution in [0.1, 0.15) is 66.7 Å². The number of hydrogen-bond acceptors (Lipinski definition) is 5. The van der Waals surface area contributed by atoms with Crippen LogP contribution in [-0.4, -0.2) is 41.2 Å². The number of aryl methyl sites for hydroxylation is 1. The minimum Gasteiger partial charge on any atom is -0.490 e. The summed E-state index contributed by atoms with van der Waals surface area (Å²) in [7, 11) is 0. The quantitative estimate of drug-likeness (QED) is 0.863. The topological polar surface area (TPSA) is 77.7 Å². The third-order valence-electron chi connectivity index (χ3n) is 5.93. The number of amides is 1. The number of nitrogens with one attached hydrogen (secondary N) is 1. The molecule has 0 bridgehead atoms. The van der Waals surface area contributed by atoms with Gasteiger partial charge in [0.25, 0.3) is 5.91 Å². The van der Waals surface area contributed by atoms with Crippen LogP contribution in [0.15, 0.2) is 23.2 Å². The van der Waals surface area contributed by atoms with E-state index in [1.54, 1.807) is 0 Å². The first kappa shape index (κ1) is 18.2. The molecule has 2 aliphatic heterocycles. The van der Waals surface area contributed by atoms with Crippen molar-refractivity contribution in [3.05, 3.63) is 35.0 Å². The Morgan fingerprint density at radius 2 is 1.93 bits per heavy atom. The van der Waals surface area contributed by atoms with Crippen molar-refractivity contribution in [1.82, 2.24) is 15.1 Å². The minimum atomic E-state index is -0.0887. The number of carbonyl (C=O) groups excluding carboxylic acids is 1. The van der Waals surface area contributed by atoms with Gasteiger partial charge in [-0.15, -0.1) is 0 Å². The molecule has 3 aliphatic rings. The van der Waals surface area contributed by atoms with Crippen LogP contribution in [0, 0.1) is 0 Å². The highest BCUT2D eigenvalue weighted by Gasteiger charge is 2.30. The van der Waals surface area contributed by atoms with E-state index in [0.29, 0.717) is 43.6 Å². The highest BCUT2D eigenvalue weighted by molar-refractivity contribution is 6.11. The molecule has 0 saturated heterocycles. The Kier molecular flexibility index (Phi) is 4.73. The molecule has 1 amide bonds. The van der Waals surface area contributed by atoms with Crippen molar-refractivity contribution in [2.75, 3.05) is 19.8 Å². The monoisotopic (exact) mass is 394 g/mol. The Bertz CT molecular complexity index is 973. The SMILES string of the molecule is CCc1nn(C2CCCC2)c2c1C(=O)NCC(c1ccc3c(c1)OCCCO3)=N2. The molecule has 1 aromatic heterocycles. The second-order valence-electron chi connectivity index (χ2n) is 7.83. The molecule has 3 heterocycles. The van der Waals surface area contributed by atoms with Crippen molar-refractivity contribution in [2.45, 2.75) is 51.5 Å². The van der Waals surface area contributed by atoms with Gasteiger partial charge in [-0.05, 0) is 37.5 Å². The van der Waals surface area contributed by atoms with Gasteiger partial charge in [-0.25, -0.2) is 9.67 Å². The summed E-state index contributed by atoms with van der Waals surface area (Å²) in [6, 6.07) is 6.20. The fraction of sp³-hybridized carbons (Fsp3) is 0.500. The zero-order valence-electron chi connectivity index (χ0n) is 16.7. The van der Waals surface area contributed by atoms with Crippen LogP contribution in [-0.2, 0) is 6.42 Å². The Hall–Kier alpha value is -2.83. The Morgan fingerprint density at radius 1 is 1.14 bits per heavy atom. The predicted molar refractivity (Wildman–Crippen MR) is 110 cm³/mol. The van der Waals surface area contributed by atoms with Gasteiger partial charge in [-0.3, -0.25) is 4.79 Å². The number of carbonyl (C=O) groups is 1. The largest absolute Gasteiger partial charge is 0.490 e. The van der Waals surface area contributed by atoms with E-state index >= 15 is 0 Å². The molecule has 0 unspecified atom stereocenters. The average molecular weight is 394 g/mol. The zero-order chi connectivity index (χ0) is 19.8. The first-order chi connectivity index (χ1) is 14.2. The Labute approximate surface area is 170 Å². The van der Waals surface area contributed by atoms with E-state index in [4.69, 9.17) is 19.6 Å². The highest BCUT2D eigenvalue weighted by atomic mass is 16.5. The number of nitrogens with zero attached hydrogens (tertiary/aromatic N) is 3. The molecule has 0 spiro atoms. The number of aliphatic imine (C=N–C) groups is 1. The van der Waals surface area contributed by atoms with Crippen LogP contribution in [0.25, 0.3) is 0 Å². The molecule has 0 radical (unpaired) electrons. The first-order valence-corrected chi connectivity index (χ1v) is 10.6. The Morgan fingerprint density at radius 3 is 2.72 bits per heavy atom. The van der Waals surface area contributed by atoms with Crippen LogP contribution in [0.2, 0.25) is 0 Å². The van der Waals surface area contributed by atoms with Crippen LogP contribution in [0.4, 0.5) is 5.82 Å². The summed E-state index contributed by atoms with van der Waals surface area (Å²) in [5.74, 6) is 2.10. The number of ether oxygens (including phenoxy) is 2. The van der Waals surface area contributed by atoms with Crippen molar-refractivity contribution in [3.63, 3.8) is 0 Å². The van der Waals surface area contributed by atoms with Gasteiger partial charge < -0.3 is 14.8 Å². The van der Waals surface area contributed by atoms with E-state index < -0.39 is 0 Å². The average Bonchev–Trinajstić information content (AvgIpc) is 3.27. The molecule has 1 aromatic carbocycles. The summed E-state index contributed by atoms with van der Waals surface area (Å²) >= 11 is 0. The highest BCUT2D eigenvalue weighted by Crippen LogP contribution is 2.37. The molecular formula is C22H26N4O3. The third-order valence-corrected chi connectivity index (χ3v) is 5.93. The van der Waals surface area contributed by atoms with E-state index in [2.05, 4.69) is 5.32 Å². The summed E-state index contributed by atoms with van der Waals surface area (Å²) in [4.78, 5) is 17.9. The summed E-state index contributed by atoms with van der Waals surface area (Å²) in [5, 5.41) is 7.82. The van der Waals surface area contributed by atoms with E-state index in [9.17, 15) is 4.79 Å². The van der Waals surface area contributed by atoms with Crippen molar-refractivity contribution in [2.24, 2.45) is 4.99 Å². The molecule has 1 N–H and O–H groups in total. The van der Waals surface area contributed by atoms with Gasteiger partial charge in [0.05, 0.1) is 37.2 Å². The maximum atomic E-state index is 12.9. The van der Waals surface area contributed by atoms with Gasteiger partial charge in [0.1, 0.15) is 5.56 Å². The normalized spacial score (nSPS) is 19.2. The Balaban J connectivity index is 1.60. The fourth-order valence-electron chi connectivity index (χ4n) is 4.39. The minimum absolute atomic E-state index is 0.0887. The van der Waals surface area contributed by atoms with Crippen LogP contribution in [0.3, 0.4) is 0 Å². The standard InChI is InChI=1S/C22H26N4O3/c1-2-16-20-21(26(25-16)15-6-3-4-7-15)24-17(13-23-22(20)27)14-8-9-18-19(12-14)29-11-5-10-28-18/h8-9,12,15H,2-7,10-11,13H2,1H3,(H,23,27). The van der Waals surface area contributed by atoms with Gasteiger partial charge >= 0.3 is 0 Å². The number of benzene rings is 1. The molecule has 7 heteroatoms. The first-order valence-electron chi connectivity index (χ1n) is 10.6. The van der Waals surface area contributed by atoms with E-state index in [1.165, 1.54) is 12.8 Å². The maximum absolute atomic E-state index is 12.9. The maximum Gasteiger partial charge on any atom is 0.257 e. The zero-order valence-corrected chi connectivity index (χ0v) is 16.7. The number of fused-ring (bicyclic) bond motifs is 2. The molecule has 5 rings (SSSR count). The molecule has 7 nitrogen and oxygen atoms in total. The van der Waals surface area contributed by atoms with E-state index in [1.807, 2.05) is 29.8 Å². The molecule has 152 valence electrons. The smallest absolute Gasteiger partial charge is 0.257 e. The van der Waals surface area contributed by atoms with Crippen molar-refractivity contribution in [1.29, 1.82) is 0 Å². The molecule has 1 fully saturated rings. The second kappa shape index (κ2) is 7.54. The lowest BCUT2D eigenvalue weighted by molar-refractivity contribution is 0.0960. The van der Waals surface area contributed by atoms with Crippen molar-refractivity contribution >= 4 is 17.4 Å². The summed E-state index contributed by atoms with van der Waals surface area (Å²) in [6.07, 6.45) is 6.16. The number of rotatable bonds is 3. The van der Waals surface area contributed by atoms with E-state index in [0.717, 1.165) is 47.7 Å². The number of aromatic nitrogens is 2. The molecule has 0 atom stereocenters. The van der Waals surface area contributed by atoms with E-state index in [-0.39, 0.29) is 5.91 Å². The van der Waals surface area contributed by atoms with Crippen molar-refractivity contribution < 1.29 is 14.3 Å². The summed E-state index contributed by atoms with van der Waals surface area (Å²) in [6.45, 7) is 3.71. The summed E-state index contributed by atoms with van der Waals surface area (Å²) in [5.41, 5.74) is 3.20. The lowest BCUT2D eigenvalue weighted by atomic mass is 10.1. The van der Waals surface area contributed by atoms with Crippen LogP contribution >= 0.6 is 0 Å². The molecular weight excluding hydrogens is 368 g/mol. The van der Waals surface area contributed by atoms with Crippen LogP contribution < -0.4 is 14.8 Å². The molecule has 29 heavy (non-hydrogen) atoms. The van der Waals surface area contributed by atoms with Crippen molar-refractivity contribution in [3.8, 4) is 11.5 Å². The predicted octanol–water partition coefficient (Wildman–Crippen LogP) is 3.59. The fourth-order valence-corrected chi connectivity index (χ4v) is 4.39.